The lowest BCUT2D eigenvalue weighted by Gasteiger charge is -2.02. The standard InChI is InChI=1S/C13H26N2O2S/c1-2-3-4-5-6-7-8-9-10-11-12(16)18-15-13(14)17/h2-11H2,1H3,(H3,14,15,17). The number of urea groups is 1. The van der Waals surface area contributed by atoms with Gasteiger partial charge in [0.15, 0.2) is 0 Å². The van der Waals surface area contributed by atoms with E-state index >= 15 is 0 Å². The summed E-state index contributed by atoms with van der Waals surface area (Å²) in [5, 5.41) is -0.0169. The number of hydrogen-bond donors (Lipinski definition) is 2. The third-order valence-electron chi connectivity index (χ3n) is 2.75. The Balaban J connectivity index is 3.15. The zero-order valence-corrected chi connectivity index (χ0v) is 12.2. The van der Waals surface area contributed by atoms with Crippen LogP contribution < -0.4 is 10.5 Å². The second-order valence-electron chi connectivity index (χ2n) is 4.52. The van der Waals surface area contributed by atoms with Gasteiger partial charge in [-0.25, -0.2) is 4.79 Å². The van der Waals surface area contributed by atoms with Gasteiger partial charge in [-0.3, -0.25) is 9.52 Å². The predicted molar refractivity (Wildman–Crippen MR) is 77.2 cm³/mol. The van der Waals surface area contributed by atoms with Crippen molar-refractivity contribution in [3.8, 4) is 0 Å². The fourth-order valence-electron chi connectivity index (χ4n) is 1.74. The molecule has 0 radical (unpaired) electrons. The number of carbonyl (C=O) groups is 2. The Morgan fingerprint density at radius 3 is 1.94 bits per heavy atom. The van der Waals surface area contributed by atoms with E-state index in [4.69, 9.17) is 5.73 Å². The maximum absolute atomic E-state index is 11.2. The molecule has 0 bridgehead atoms. The summed E-state index contributed by atoms with van der Waals surface area (Å²) in [6.45, 7) is 2.22. The van der Waals surface area contributed by atoms with E-state index < -0.39 is 6.03 Å². The fourth-order valence-corrected chi connectivity index (χ4v) is 2.20. The number of nitrogens with two attached hydrogens (primary N) is 1. The molecule has 18 heavy (non-hydrogen) atoms. The van der Waals surface area contributed by atoms with Crippen molar-refractivity contribution < 1.29 is 9.59 Å². The van der Waals surface area contributed by atoms with Gasteiger partial charge in [-0.15, -0.1) is 0 Å². The second kappa shape index (κ2) is 12.7. The van der Waals surface area contributed by atoms with E-state index in [-0.39, 0.29) is 5.12 Å². The number of amides is 2. The van der Waals surface area contributed by atoms with E-state index in [2.05, 4.69) is 11.6 Å². The Kier molecular flexibility index (Phi) is 12.2. The molecule has 4 nitrogen and oxygen atoms in total. The first-order valence-corrected chi connectivity index (χ1v) is 7.73. The summed E-state index contributed by atoms with van der Waals surface area (Å²) in [6.07, 6.45) is 11.6. The van der Waals surface area contributed by atoms with Gasteiger partial charge in [-0.2, -0.15) is 0 Å². The maximum atomic E-state index is 11.2. The summed E-state index contributed by atoms with van der Waals surface area (Å²) < 4.78 is 2.23. The molecule has 0 spiro atoms. The molecule has 0 heterocycles. The highest BCUT2D eigenvalue weighted by molar-refractivity contribution is 8.12. The van der Waals surface area contributed by atoms with Gasteiger partial charge >= 0.3 is 6.03 Å². The van der Waals surface area contributed by atoms with Crippen LogP contribution in [-0.4, -0.2) is 11.1 Å². The minimum absolute atomic E-state index is 0.0169. The molecule has 0 aliphatic rings. The lowest BCUT2D eigenvalue weighted by atomic mass is 10.1. The minimum atomic E-state index is -0.666. The van der Waals surface area contributed by atoms with Crippen molar-refractivity contribution in [1.82, 2.24) is 4.72 Å². The van der Waals surface area contributed by atoms with Gasteiger partial charge in [0.25, 0.3) is 0 Å². The van der Waals surface area contributed by atoms with Gasteiger partial charge in [-0.1, -0.05) is 58.3 Å². The summed E-state index contributed by atoms with van der Waals surface area (Å²) >= 11 is 0.798. The summed E-state index contributed by atoms with van der Waals surface area (Å²) in [7, 11) is 0. The highest BCUT2D eigenvalue weighted by Crippen LogP contribution is 2.12. The zero-order valence-electron chi connectivity index (χ0n) is 11.4. The first kappa shape index (κ1) is 17.3. The van der Waals surface area contributed by atoms with Gasteiger partial charge in [0.2, 0.25) is 5.12 Å². The molecule has 0 fully saturated rings. The predicted octanol–water partition coefficient (Wildman–Crippen LogP) is 3.75. The number of primary amides is 1. The Labute approximate surface area is 115 Å². The summed E-state index contributed by atoms with van der Waals surface area (Å²) in [5.74, 6) is 0. The van der Waals surface area contributed by atoms with E-state index in [9.17, 15) is 9.59 Å². The molecule has 3 N–H and O–H groups in total. The molecule has 0 saturated carbocycles. The van der Waals surface area contributed by atoms with E-state index in [1.165, 1.54) is 44.9 Å². The molecular weight excluding hydrogens is 248 g/mol. The first-order chi connectivity index (χ1) is 8.66. The molecule has 5 heteroatoms. The van der Waals surface area contributed by atoms with Crippen LogP contribution in [0, 0.1) is 0 Å². The minimum Gasteiger partial charge on any atom is -0.351 e. The third-order valence-corrected chi connectivity index (χ3v) is 3.48. The van der Waals surface area contributed by atoms with Crippen LogP contribution in [0.3, 0.4) is 0 Å². The smallest absolute Gasteiger partial charge is 0.322 e. The Bertz CT molecular complexity index is 235. The monoisotopic (exact) mass is 274 g/mol. The Hall–Kier alpha value is -0.710. The molecule has 0 saturated heterocycles. The van der Waals surface area contributed by atoms with E-state index in [1.54, 1.807) is 0 Å². The number of unbranched alkanes of at least 4 members (excludes halogenated alkanes) is 8. The summed E-state index contributed by atoms with van der Waals surface area (Å²) in [6, 6.07) is -0.666. The average Bonchev–Trinajstić information content (AvgIpc) is 2.34. The lowest BCUT2D eigenvalue weighted by molar-refractivity contribution is -0.111. The van der Waals surface area contributed by atoms with Crippen molar-refractivity contribution in [3.63, 3.8) is 0 Å². The van der Waals surface area contributed by atoms with E-state index in [0.717, 1.165) is 24.8 Å². The number of hydrogen-bond acceptors (Lipinski definition) is 3. The van der Waals surface area contributed by atoms with Gasteiger partial charge in [0.1, 0.15) is 0 Å². The lowest BCUT2D eigenvalue weighted by Crippen LogP contribution is -2.24. The normalized spacial score (nSPS) is 10.3. The van der Waals surface area contributed by atoms with Crippen LogP contribution in [-0.2, 0) is 4.79 Å². The molecule has 0 rings (SSSR count). The molecule has 0 unspecified atom stereocenters. The number of nitrogens with one attached hydrogen (secondary N) is 1. The number of rotatable bonds is 10. The largest absolute Gasteiger partial charge is 0.351 e. The van der Waals surface area contributed by atoms with Gasteiger partial charge < -0.3 is 5.73 Å². The van der Waals surface area contributed by atoms with Crippen molar-refractivity contribution in [2.75, 3.05) is 0 Å². The first-order valence-electron chi connectivity index (χ1n) is 6.92. The molecule has 2 amide bonds. The van der Waals surface area contributed by atoms with Crippen LogP contribution in [0.2, 0.25) is 0 Å². The summed E-state index contributed by atoms with van der Waals surface area (Å²) in [5.41, 5.74) is 4.86. The van der Waals surface area contributed by atoms with Crippen LogP contribution in [0.25, 0.3) is 0 Å². The second-order valence-corrected chi connectivity index (χ2v) is 5.38. The average molecular weight is 274 g/mol. The molecule has 106 valence electrons. The molecule has 0 aromatic carbocycles. The highest BCUT2D eigenvalue weighted by atomic mass is 32.2. The van der Waals surface area contributed by atoms with E-state index in [0.29, 0.717) is 6.42 Å². The molecule has 0 atom stereocenters. The van der Waals surface area contributed by atoms with Crippen molar-refractivity contribution in [2.45, 2.75) is 71.1 Å². The van der Waals surface area contributed by atoms with Crippen LogP contribution in [0.15, 0.2) is 0 Å². The Morgan fingerprint density at radius 2 is 1.44 bits per heavy atom. The van der Waals surface area contributed by atoms with Gasteiger partial charge in [-0.05, 0) is 6.42 Å². The molecule has 0 aromatic heterocycles. The van der Waals surface area contributed by atoms with Crippen molar-refractivity contribution in [2.24, 2.45) is 5.73 Å². The topological polar surface area (TPSA) is 72.2 Å². The van der Waals surface area contributed by atoms with Gasteiger partial charge in [0.05, 0.1) is 0 Å². The molecule has 0 aliphatic heterocycles. The molecule has 0 aliphatic carbocycles. The highest BCUT2D eigenvalue weighted by Gasteiger charge is 2.03. The fraction of sp³-hybridized carbons (Fsp3) is 0.846. The van der Waals surface area contributed by atoms with Gasteiger partial charge in [0, 0.05) is 18.4 Å². The maximum Gasteiger partial charge on any atom is 0.322 e. The SMILES string of the molecule is CCCCCCCCCCCC(=O)SNC(N)=O. The summed E-state index contributed by atoms with van der Waals surface area (Å²) in [4.78, 5) is 21.6. The molecule has 0 aromatic rings. The van der Waals surface area contributed by atoms with Crippen LogP contribution in [0.5, 0.6) is 0 Å². The quantitative estimate of drug-likeness (QED) is 0.470. The van der Waals surface area contributed by atoms with Crippen molar-refractivity contribution >= 4 is 23.1 Å². The van der Waals surface area contributed by atoms with Crippen LogP contribution >= 0.6 is 11.9 Å². The van der Waals surface area contributed by atoms with Crippen LogP contribution in [0.1, 0.15) is 71.1 Å². The molecular formula is C13H26N2O2S. The van der Waals surface area contributed by atoms with Crippen LogP contribution in [0.4, 0.5) is 4.79 Å². The van der Waals surface area contributed by atoms with E-state index in [1.807, 2.05) is 0 Å². The third kappa shape index (κ3) is 13.4. The van der Waals surface area contributed by atoms with Crippen molar-refractivity contribution in [1.29, 1.82) is 0 Å². The zero-order chi connectivity index (χ0) is 13.6. The van der Waals surface area contributed by atoms with Crippen molar-refractivity contribution in [3.05, 3.63) is 0 Å². The Morgan fingerprint density at radius 1 is 0.944 bits per heavy atom. The number of carbonyl (C=O) groups excluding carboxylic acids is 2.